The van der Waals surface area contributed by atoms with Crippen molar-refractivity contribution in [1.82, 2.24) is 9.88 Å². The molecule has 0 radical (unpaired) electrons. The van der Waals surface area contributed by atoms with E-state index in [0.29, 0.717) is 20.2 Å². The van der Waals surface area contributed by atoms with E-state index in [0.717, 1.165) is 38.2 Å². The van der Waals surface area contributed by atoms with Gasteiger partial charge in [0.2, 0.25) is 0 Å². The maximum atomic E-state index is 14.6. The molecule has 1 aliphatic heterocycles. The number of benzene rings is 2. The molecule has 0 saturated carbocycles. The monoisotopic (exact) mass is 575 g/mol. The Morgan fingerprint density at radius 3 is 2.41 bits per heavy atom. The number of nitrogens with zero attached hydrogens (tertiary/aromatic N) is 2. The van der Waals surface area contributed by atoms with Crippen molar-refractivity contribution in [3.05, 3.63) is 84.1 Å². The third kappa shape index (κ3) is 4.49. The van der Waals surface area contributed by atoms with E-state index in [9.17, 15) is 9.18 Å². The summed E-state index contributed by atoms with van der Waals surface area (Å²) < 4.78 is 18.2. The van der Waals surface area contributed by atoms with E-state index in [2.05, 4.69) is 42.2 Å². The lowest BCUT2D eigenvalue weighted by molar-refractivity contribution is -0.115. The van der Waals surface area contributed by atoms with Crippen molar-refractivity contribution in [2.24, 2.45) is 4.99 Å². The number of thioether (sulfide) groups is 1. The van der Waals surface area contributed by atoms with E-state index in [4.69, 9.17) is 0 Å². The van der Waals surface area contributed by atoms with Crippen molar-refractivity contribution >= 4 is 66.5 Å². The summed E-state index contributed by atoms with van der Waals surface area (Å²) in [6.45, 7) is 7.86. The molecule has 1 saturated heterocycles. The van der Waals surface area contributed by atoms with Crippen LogP contribution < -0.4 is 5.32 Å². The van der Waals surface area contributed by atoms with Crippen molar-refractivity contribution < 1.29 is 9.18 Å². The van der Waals surface area contributed by atoms with Crippen LogP contribution in [0.4, 0.5) is 10.1 Å². The van der Waals surface area contributed by atoms with Gasteiger partial charge in [-0.2, -0.15) is 0 Å². The summed E-state index contributed by atoms with van der Waals surface area (Å²) in [6, 6.07) is 10.9. The first kappa shape index (κ1) is 23.0. The number of aliphatic imine (C=N–C) groups is 1. The van der Waals surface area contributed by atoms with E-state index < -0.39 is 0 Å². The van der Waals surface area contributed by atoms with E-state index in [-0.39, 0.29) is 11.7 Å². The Morgan fingerprint density at radius 1 is 1.06 bits per heavy atom. The van der Waals surface area contributed by atoms with Crippen LogP contribution in [-0.2, 0) is 4.79 Å². The number of aromatic nitrogens is 1. The average molecular weight is 577 g/mol. The Balaban J connectivity index is 1.66. The summed E-state index contributed by atoms with van der Waals surface area (Å²) >= 11 is 8.16. The lowest BCUT2D eigenvalue weighted by Crippen LogP contribution is -2.19. The second-order valence-electron chi connectivity index (χ2n) is 7.63. The van der Waals surface area contributed by atoms with Crippen molar-refractivity contribution in [3.63, 3.8) is 0 Å². The van der Waals surface area contributed by atoms with Crippen LogP contribution in [-0.4, -0.2) is 15.6 Å². The predicted octanol–water partition coefficient (Wildman–Crippen LogP) is 7.27. The third-order valence-corrected chi connectivity index (χ3v) is 7.86. The molecule has 8 heteroatoms. The van der Waals surface area contributed by atoms with Crippen LogP contribution >= 0.6 is 43.6 Å². The maximum absolute atomic E-state index is 14.6. The highest BCUT2D eigenvalue weighted by Gasteiger charge is 2.25. The molecule has 0 unspecified atom stereocenters. The first-order chi connectivity index (χ1) is 15.1. The molecule has 4 nitrogen and oxygen atoms in total. The molecular formula is C24H20Br2FN3OS. The van der Waals surface area contributed by atoms with Crippen LogP contribution in [0.25, 0.3) is 11.8 Å². The van der Waals surface area contributed by atoms with Crippen LogP contribution in [0.5, 0.6) is 0 Å². The molecule has 0 aliphatic carbocycles. The molecule has 1 aromatic heterocycles. The van der Waals surface area contributed by atoms with E-state index in [1.54, 1.807) is 6.07 Å². The lowest BCUT2D eigenvalue weighted by atomic mass is 10.1. The zero-order valence-corrected chi connectivity index (χ0v) is 21.9. The van der Waals surface area contributed by atoms with Gasteiger partial charge >= 0.3 is 0 Å². The van der Waals surface area contributed by atoms with Crippen molar-refractivity contribution in [2.75, 3.05) is 0 Å². The van der Waals surface area contributed by atoms with E-state index >= 15 is 0 Å². The number of carbonyl (C=O) groups is 1. The van der Waals surface area contributed by atoms with E-state index in [1.807, 2.05) is 62.6 Å². The number of nitrogens with one attached hydrogen (secondary N) is 1. The Hall–Kier alpha value is -2.16. The maximum Gasteiger partial charge on any atom is 0.264 e. The first-order valence-electron chi connectivity index (χ1n) is 9.84. The minimum absolute atomic E-state index is 0.195. The molecule has 0 bridgehead atoms. The van der Waals surface area contributed by atoms with Crippen LogP contribution in [0.2, 0.25) is 0 Å². The van der Waals surface area contributed by atoms with Crippen LogP contribution in [0.1, 0.15) is 28.1 Å². The quantitative estimate of drug-likeness (QED) is 0.333. The number of halogens is 3. The smallest absolute Gasteiger partial charge is 0.264 e. The van der Waals surface area contributed by atoms with Crippen LogP contribution in [0.15, 0.2) is 55.2 Å². The number of hydrogen-bond donors (Lipinski definition) is 1. The van der Waals surface area contributed by atoms with Crippen LogP contribution in [0.3, 0.4) is 0 Å². The zero-order chi connectivity index (χ0) is 23.2. The molecule has 1 amide bonds. The van der Waals surface area contributed by atoms with Gasteiger partial charge in [-0.15, -0.1) is 0 Å². The van der Waals surface area contributed by atoms with Gasteiger partial charge in [-0.3, -0.25) is 4.79 Å². The van der Waals surface area contributed by atoms with E-state index in [1.165, 1.54) is 17.8 Å². The molecule has 0 spiro atoms. The molecule has 164 valence electrons. The highest BCUT2D eigenvalue weighted by molar-refractivity contribution is 9.10. The minimum atomic E-state index is -0.317. The summed E-state index contributed by atoms with van der Waals surface area (Å²) in [5.41, 5.74) is 6.03. The minimum Gasteiger partial charge on any atom is -0.315 e. The average Bonchev–Trinajstić information content (AvgIpc) is 3.19. The van der Waals surface area contributed by atoms with Crippen molar-refractivity contribution in [2.45, 2.75) is 27.7 Å². The predicted molar refractivity (Wildman–Crippen MR) is 137 cm³/mol. The van der Waals surface area contributed by atoms with Gasteiger partial charge in [0.25, 0.3) is 5.91 Å². The van der Waals surface area contributed by atoms with Gasteiger partial charge in [-0.25, -0.2) is 9.38 Å². The fraction of sp³-hybridized carbons (Fsp3) is 0.167. The number of rotatable bonds is 3. The van der Waals surface area contributed by atoms with Gasteiger partial charge < -0.3 is 9.88 Å². The van der Waals surface area contributed by atoms with Crippen molar-refractivity contribution in [3.8, 4) is 5.69 Å². The van der Waals surface area contributed by atoms with Crippen molar-refractivity contribution in [1.29, 1.82) is 0 Å². The molecule has 0 atom stereocenters. The lowest BCUT2D eigenvalue weighted by Gasteiger charge is -2.11. The van der Waals surface area contributed by atoms with Gasteiger partial charge in [-0.05, 0) is 98.6 Å². The standard InChI is InChI=1S/C24H20Br2FN3OS/c1-12-7-18(8-13(2)22(12)26)28-24-29-23(31)21(32-24)10-16-9-14(3)30(15(16)4)20-6-5-17(25)11-19(20)27/h5-11H,1-4H3,(H,28,29,31)/b21-10-. The fourth-order valence-corrected chi connectivity index (χ4v) is 5.09. The van der Waals surface area contributed by atoms with Gasteiger partial charge in [-0.1, -0.05) is 31.9 Å². The number of amidine groups is 1. The third-order valence-electron chi connectivity index (χ3n) is 5.21. The summed E-state index contributed by atoms with van der Waals surface area (Å²) in [5, 5.41) is 3.37. The topological polar surface area (TPSA) is 46.4 Å². The second kappa shape index (κ2) is 9.00. The molecule has 4 rings (SSSR count). The second-order valence-corrected chi connectivity index (χ2v) is 10.4. The van der Waals surface area contributed by atoms with Gasteiger partial charge in [0.1, 0.15) is 5.82 Å². The number of aryl methyl sites for hydroxylation is 3. The van der Waals surface area contributed by atoms with Crippen LogP contribution in [0, 0.1) is 33.5 Å². The summed E-state index contributed by atoms with van der Waals surface area (Å²) in [7, 11) is 0. The molecule has 1 aliphatic rings. The van der Waals surface area contributed by atoms with Gasteiger partial charge in [0.15, 0.2) is 5.17 Å². The highest BCUT2D eigenvalue weighted by atomic mass is 79.9. The fourth-order valence-electron chi connectivity index (χ4n) is 3.69. The Bertz CT molecular complexity index is 1300. The SMILES string of the molecule is Cc1cc(N=C2NC(=O)/C(=C/c3cc(C)n(-c4ccc(Br)cc4F)c3C)S2)cc(C)c1Br. The molecule has 1 fully saturated rings. The Kier molecular flexibility index (Phi) is 6.47. The number of amides is 1. The first-order valence-corrected chi connectivity index (χ1v) is 12.2. The normalized spacial score (nSPS) is 16.3. The largest absolute Gasteiger partial charge is 0.315 e. The summed E-state index contributed by atoms with van der Waals surface area (Å²) in [5.74, 6) is -0.512. The molecular weight excluding hydrogens is 557 g/mol. The molecule has 2 heterocycles. The molecule has 32 heavy (non-hydrogen) atoms. The number of hydrogen-bond acceptors (Lipinski definition) is 3. The summed E-state index contributed by atoms with van der Waals surface area (Å²) in [4.78, 5) is 17.7. The zero-order valence-electron chi connectivity index (χ0n) is 17.9. The summed E-state index contributed by atoms with van der Waals surface area (Å²) in [6.07, 6.45) is 1.83. The number of carbonyl (C=O) groups excluding carboxylic acids is 1. The Labute approximate surface area is 207 Å². The van der Waals surface area contributed by atoms with Gasteiger partial charge in [0.05, 0.1) is 16.3 Å². The highest BCUT2D eigenvalue weighted by Crippen LogP contribution is 2.33. The molecule has 1 N–H and O–H groups in total. The van der Waals surface area contributed by atoms with Gasteiger partial charge in [0, 0.05) is 20.3 Å². The molecule has 2 aromatic carbocycles. The Morgan fingerprint density at radius 2 is 1.75 bits per heavy atom. The molecule has 3 aromatic rings.